The molecule has 0 bridgehead atoms. The van der Waals surface area contributed by atoms with Crippen molar-refractivity contribution in [1.29, 1.82) is 0 Å². The van der Waals surface area contributed by atoms with Crippen molar-refractivity contribution in [2.45, 2.75) is 13.8 Å². The van der Waals surface area contributed by atoms with Crippen LogP contribution in [0.5, 0.6) is 11.5 Å². The van der Waals surface area contributed by atoms with Gasteiger partial charge in [0.05, 0.1) is 19.4 Å². The summed E-state index contributed by atoms with van der Waals surface area (Å²) in [6.07, 6.45) is 1.53. The zero-order valence-electron chi connectivity index (χ0n) is 11.3. The summed E-state index contributed by atoms with van der Waals surface area (Å²) >= 11 is 5.18. The van der Waals surface area contributed by atoms with E-state index in [-0.39, 0.29) is 6.79 Å². The molecule has 110 valence electrons. The molecule has 0 saturated carbocycles. The van der Waals surface area contributed by atoms with Crippen LogP contribution in [0, 0.1) is 0 Å². The van der Waals surface area contributed by atoms with Gasteiger partial charge in [-0.2, -0.15) is 0 Å². The Bertz CT molecular complexity index is 527. The second-order valence-electron chi connectivity index (χ2n) is 3.71. The lowest BCUT2D eigenvalue weighted by Crippen LogP contribution is -1.96. The number of rotatable bonds is 7. The van der Waals surface area contributed by atoms with Crippen molar-refractivity contribution in [1.82, 2.24) is 0 Å². The van der Waals surface area contributed by atoms with Crippen LogP contribution in [0.25, 0.3) is 0 Å². The van der Waals surface area contributed by atoms with Crippen LogP contribution in [-0.4, -0.2) is 26.2 Å². The maximum Gasteiger partial charge on any atom is 0.402 e. The largest absolute Gasteiger partial charge is 0.454 e. The third-order valence-corrected chi connectivity index (χ3v) is 4.60. The first-order valence-corrected chi connectivity index (χ1v) is 8.73. The van der Waals surface area contributed by atoms with Crippen molar-refractivity contribution in [2.24, 2.45) is 5.16 Å². The smallest absolute Gasteiger partial charge is 0.402 e. The fraction of sp³-hybridized carbons (Fsp3) is 0.417. The van der Waals surface area contributed by atoms with Gasteiger partial charge in [-0.3, -0.25) is 9.05 Å². The molecule has 0 saturated heterocycles. The highest BCUT2D eigenvalue weighted by Crippen LogP contribution is 2.49. The van der Waals surface area contributed by atoms with Gasteiger partial charge in [-0.1, -0.05) is 5.16 Å². The summed E-state index contributed by atoms with van der Waals surface area (Å²) in [5, 5.41) is 3.85. The number of hydrogen-bond donors (Lipinski definition) is 0. The molecule has 1 aromatic carbocycles. The van der Waals surface area contributed by atoms with Crippen molar-refractivity contribution in [3.05, 3.63) is 23.8 Å². The van der Waals surface area contributed by atoms with Gasteiger partial charge in [0, 0.05) is 17.4 Å². The molecule has 0 unspecified atom stereocenters. The third kappa shape index (κ3) is 3.93. The van der Waals surface area contributed by atoms with Crippen molar-refractivity contribution >= 4 is 24.7 Å². The van der Waals surface area contributed by atoms with Gasteiger partial charge in [0.2, 0.25) is 6.79 Å². The molecule has 0 aromatic heterocycles. The highest BCUT2D eigenvalue weighted by molar-refractivity contribution is 8.07. The van der Waals surface area contributed by atoms with Gasteiger partial charge in [0.15, 0.2) is 11.5 Å². The summed E-state index contributed by atoms with van der Waals surface area (Å²) in [5.74, 6) is 1.40. The summed E-state index contributed by atoms with van der Waals surface area (Å²) in [5.41, 5.74) is 0.809. The molecule has 1 heterocycles. The van der Waals surface area contributed by atoms with Gasteiger partial charge in [-0.15, -0.1) is 0 Å². The quantitative estimate of drug-likeness (QED) is 0.438. The van der Waals surface area contributed by atoms with Gasteiger partial charge in [-0.25, -0.2) is 0 Å². The number of oxime groups is 1. The van der Waals surface area contributed by atoms with Gasteiger partial charge >= 0.3 is 6.72 Å². The molecule has 0 spiro atoms. The molecule has 1 aromatic rings. The molecule has 0 aliphatic carbocycles. The highest BCUT2D eigenvalue weighted by Gasteiger charge is 2.20. The van der Waals surface area contributed by atoms with Gasteiger partial charge in [-0.05, 0) is 32.0 Å². The van der Waals surface area contributed by atoms with Crippen LogP contribution in [0.1, 0.15) is 19.4 Å². The van der Waals surface area contributed by atoms with Crippen LogP contribution in [0.4, 0.5) is 0 Å². The Morgan fingerprint density at radius 3 is 2.65 bits per heavy atom. The summed E-state index contributed by atoms with van der Waals surface area (Å²) < 4.78 is 26.3. The van der Waals surface area contributed by atoms with E-state index in [1.807, 2.05) is 26.0 Å². The zero-order valence-corrected chi connectivity index (χ0v) is 13.0. The van der Waals surface area contributed by atoms with Crippen molar-refractivity contribution in [2.75, 3.05) is 20.0 Å². The van der Waals surface area contributed by atoms with E-state index in [1.54, 1.807) is 6.07 Å². The lowest BCUT2D eigenvalue weighted by atomic mass is 10.2. The SMILES string of the molecule is CCOP(=S)(OCC)O/N=C/c1ccc2c(c1)OCO2. The van der Waals surface area contributed by atoms with E-state index in [0.717, 1.165) is 11.3 Å². The molecule has 20 heavy (non-hydrogen) atoms. The Hall–Kier alpha value is -1.14. The van der Waals surface area contributed by atoms with Crippen molar-refractivity contribution < 1.29 is 23.1 Å². The molecule has 0 N–H and O–H groups in total. The first-order valence-electron chi connectivity index (χ1n) is 6.17. The lowest BCUT2D eigenvalue weighted by Gasteiger charge is -2.16. The second kappa shape index (κ2) is 7.04. The Kier molecular flexibility index (Phi) is 5.37. The summed E-state index contributed by atoms with van der Waals surface area (Å²) in [4.78, 5) is 0. The van der Waals surface area contributed by atoms with Gasteiger partial charge < -0.3 is 14.1 Å². The van der Waals surface area contributed by atoms with Gasteiger partial charge in [0.25, 0.3) is 0 Å². The van der Waals surface area contributed by atoms with E-state index >= 15 is 0 Å². The monoisotopic (exact) mass is 317 g/mol. The van der Waals surface area contributed by atoms with Crippen LogP contribution in [0.3, 0.4) is 0 Å². The molecule has 0 fully saturated rings. The average molecular weight is 317 g/mol. The molecule has 0 atom stereocenters. The number of hydrogen-bond acceptors (Lipinski definition) is 7. The fourth-order valence-corrected chi connectivity index (χ4v) is 3.25. The lowest BCUT2D eigenvalue weighted by molar-refractivity contribution is 0.172. The minimum absolute atomic E-state index is 0.238. The van der Waals surface area contributed by atoms with E-state index in [0.29, 0.717) is 19.0 Å². The first kappa shape index (κ1) is 15.3. The summed E-state index contributed by atoms with van der Waals surface area (Å²) in [7, 11) is 0. The molecule has 1 aliphatic rings. The van der Waals surface area contributed by atoms with Gasteiger partial charge in [0.1, 0.15) is 0 Å². The van der Waals surface area contributed by atoms with Crippen molar-refractivity contribution in [3.63, 3.8) is 0 Å². The number of benzene rings is 1. The molecule has 6 nitrogen and oxygen atoms in total. The second-order valence-corrected chi connectivity index (χ2v) is 6.63. The topological polar surface area (TPSA) is 58.5 Å². The molecular formula is C12H16NO5PS. The van der Waals surface area contributed by atoms with Crippen LogP contribution in [0.2, 0.25) is 0 Å². The average Bonchev–Trinajstić information content (AvgIpc) is 2.86. The molecular weight excluding hydrogens is 301 g/mol. The summed E-state index contributed by atoms with van der Waals surface area (Å²) in [6, 6.07) is 5.45. The van der Waals surface area contributed by atoms with E-state index in [1.165, 1.54) is 6.21 Å². The van der Waals surface area contributed by atoms with Crippen LogP contribution >= 0.6 is 6.72 Å². The normalized spacial score (nSPS) is 13.9. The highest BCUT2D eigenvalue weighted by atomic mass is 32.5. The molecule has 1 aliphatic heterocycles. The number of fused-ring (bicyclic) bond motifs is 1. The third-order valence-electron chi connectivity index (χ3n) is 2.32. The van der Waals surface area contributed by atoms with Crippen molar-refractivity contribution in [3.8, 4) is 11.5 Å². The Labute approximate surface area is 122 Å². The van der Waals surface area contributed by atoms with E-state index in [9.17, 15) is 0 Å². The van der Waals surface area contributed by atoms with E-state index < -0.39 is 6.72 Å². The molecule has 0 amide bonds. The molecule has 2 rings (SSSR count). The van der Waals surface area contributed by atoms with E-state index in [4.69, 9.17) is 35.0 Å². The molecule has 8 heteroatoms. The minimum atomic E-state index is -2.79. The zero-order chi connectivity index (χ0) is 14.4. The first-order chi connectivity index (χ1) is 9.67. The predicted molar refractivity (Wildman–Crippen MR) is 78.8 cm³/mol. The minimum Gasteiger partial charge on any atom is -0.454 e. The maximum atomic E-state index is 5.30. The predicted octanol–water partition coefficient (Wildman–Crippen LogP) is 3.06. The standard InChI is InChI=1S/C12H16NO5PS/c1-3-16-19(20,17-4-2)18-13-8-10-5-6-11-12(7-10)15-9-14-11/h5-8H,3-4,9H2,1-2H3/b13-8+. The Morgan fingerprint density at radius 1 is 1.25 bits per heavy atom. The fourth-order valence-electron chi connectivity index (χ4n) is 1.54. The van der Waals surface area contributed by atoms with Crippen LogP contribution in [-0.2, 0) is 25.5 Å². The van der Waals surface area contributed by atoms with Crippen LogP contribution in [0.15, 0.2) is 23.4 Å². The number of ether oxygens (including phenoxy) is 2. The Morgan fingerprint density at radius 2 is 1.95 bits per heavy atom. The summed E-state index contributed by atoms with van der Waals surface area (Å²) in [6.45, 7) is 1.92. The maximum absolute atomic E-state index is 5.30. The number of nitrogens with zero attached hydrogens (tertiary/aromatic N) is 1. The molecule has 0 radical (unpaired) electrons. The Balaban J connectivity index is 2.00. The van der Waals surface area contributed by atoms with E-state index in [2.05, 4.69) is 5.16 Å². The van der Waals surface area contributed by atoms with Crippen LogP contribution < -0.4 is 9.47 Å².